The predicted octanol–water partition coefficient (Wildman–Crippen LogP) is 3.62. The second-order valence-corrected chi connectivity index (χ2v) is 5.73. The van der Waals surface area contributed by atoms with E-state index in [-0.39, 0.29) is 12.6 Å². The summed E-state index contributed by atoms with van der Waals surface area (Å²) in [6, 6.07) is 8.46. The highest BCUT2D eigenvalue weighted by atomic mass is 79.9. The molecule has 1 aliphatic heterocycles. The third-order valence-corrected chi connectivity index (χ3v) is 4.14. The first-order chi connectivity index (χ1) is 10.7. The molecule has 0 fully saturated rings. The van der Waals surface area contributed by atoms with Gasteiger partial charge in [-0.05, 0) is 41.5 Å². The van der Waals surface area contributed by atoms with E-state index in [2.05, 4.69) is 21.2 Å². The van der Waals surface area contributed by atoms with Crippen LogP contribution in [0.5, 0.6) is 17.2 Å². The molecule has 4 nitrogen and oxygen atoms in total. The Morgan fingerprint density at radius 2 is 2.09 bits per heavy atom. The number of nitrogens with one attached hydrogen (secondary N) is 1. The average Bonchev–Trinajstić information content (AvgIpc) is 2.98. The number of hydrogen-bond donors (Lipinski definition) is 1. The van der Waals surface area contributed by atoms with Gasteiger partial charge in [-0.1, -0.05) is 15.9 Å². The van der Waals surface area contributed by atoms with Crippen LogP contribution in [-0.2, 0) is 13.1 Å². The molecule has 2 aromatic rings. The minimum Gasteiger partial charge on any atom is -0.493 e. The lowest BCUT2D eigenvalue weighted by Gasteiger charge is -2.10. The van der Waals surface area contributed by atoms with Crippen molar-refractivity contribution >= 4 is 15.9 Å². The lowest BCUT2D eigenvalue weighted by Crippen LogP contribution is -2.13. The molecule has 3 rings (SSSR count). The number of rotatable bonds is 5. The van der Waals surface area contributed by atoms with Gasteiger partial charge < -0.3 is 19.5 Å². The van der Waals surface area contributed by atoms with E-state index in [1.54, 1.807) is 13.2 Å². The zero-order chi connectivity index (χ0) is 15.5. The van der Waals surface area contributed by atoms with Crippen LogP contribution in [0.2, 0.25) is 0 Å². The summed E-state index contributed by atoms with van der Waals surface area (Å²) in [6.07, 6.45) is 0. The number of methoxy groups -OCH3 is 1. The smallest absolute Gasteiger partial charge is 0.231 e. The molecule has 116 valence electrons. The van der Waals surface area contributed by atoms with Gasteiger partial charge in [0, 0.05) is 17.6 Å². The maximum absolute atomic E-state index is 13.3. The normalized spacial score (nSPS) is 12.5. The van der Waals surface area contributed by atoms with E-state index >= 15 is 0 Å². The highest BCUT2D eigenvalue weighted by molar-refractivity contribution is 9.10. The van der Waals surface area contributed by atoms with Crippen LogP contribution in [0.25, 0.3) is 0 Å². The van der Waals surface area contributed by atoms with Gasteiger partial charge in [-0.25, -0.2) is 4.39 Å². The lowest BCUT2D eigenvalue weighted by atomic mass is 10.1. The van der Waals surface area contributed by atoms with Crippen LogP contribution in [0.3, 0.4) is 0 Å². The van der Waals surface area contributed by atoms with Crippen molar-refractivity contribution in [2.75, 3.05) is 13.9 Å². The lowest BCUT2D eigenvalue weighted by molar-refractivity contribution is 0.171. The minimum atomic E-state index is -0.246. The highest BCUT2D eigenvalue weighted by Gasteiger charge is 2.19. The number of halogens is 2. The van der Waals surface area contributed by atoms with Gasteiger partial charge in [0.25, 0.3) is 0 Å². The van der Waals surface area contributed by atoms with Gasteiger partial charge in [0.2, 0.25) is 12.5 Å². The largest absolute Gasteiger partial charge is 0.493 e. The van der Waals surface area contributed by atoms with Crippen molar-refractivity contribution in [3.05, 3.63) is 51.7 Å². The van der Waals surface area contributed by atoms with E-state index in [1.807, 2.05) is 12.1 Å². The molecule has 0 aromatic heterocycles. The summed E-state index contributed by atoms with van der Waals surface area (Å²) in [5.74, 6) is 1.73. The van der Waals surface area contributed by atoms with Crippen LogP contribution in [0.4, 0.5) is 4.39 Å². The third kappa shape index (κ3) is 3.18. The monoisotopic (exact) mass is 367 g/mol. The van der Waals surface area contributed by atoms with Crippen molar-refractivity contribution in [1.29, 1.82) is 0 Å². The second-order valence-electron chi connectivity index (χ2n) is 4.87. The van der Waals surface area contributed by atoms with Crippen molar-refractivity contribution in [2.45, 2.75) is 13.1 Å². The number of hydrogen-bond acceptors (Lipinski definition) is 4. The molecular weight excluding hydrogens is 353 g/mol. The molecule has 0 radical (unpaired) electrons. The van der Waals surface area contributed by atoms with Crippen molar-refractivity contribution < 1.29 is 18.6 Å². The predicted molar refractivity (Wildman–Crippen MR) is 83.8 cm³/mol. The molecule has 0 amide bonds. The van der Waals surface area contributed by atoms with Crippen molar-refractivity contribution in [1.82, 2.24) is 5.32 Å². The highest BCUT2D eigenvalue weighted by Crippen LogP contribution is 2.41. The van der Waals surface area contributed by atoms with Gasteiger partial charge in [-0.15, -0.1) is 0 Å². The first-order valence-corrected chi connectivity index (χ1v) is 7.58. The van der Waals surface area contributed by atoms with Crippen molar-refractivity contribution in [3.8, 4) is 17.2 Å². The topological polar surface area (TPSA) is 39.7 Å². The van der Waals surface area contributed by atoms with Crippen LogP contribution >= 0.6 is 15.9 Å². The van der Waals surface area contributed by atoms with E-state index in [0.29, 0.717) is 30.3 Å². The van der Waals surface area contributed by atoms with Crippen LogP contribution in [0.1, 0.15) is 11.1 Å². The Labute approximate surface area is 136 Å². The summed E-state index contributed by atoms with van der Waals surface area (Å²) >= 11 is 3.42. The summed E-state index contributed by atoms with van der Waals surface area (Å²) < 4.78 is 30.2. The first-order valence-electron chi connectivity index (χ1n) is 6.78. The third-order valence-electron chi connectivity index (χ3n) is 3.37. The molecule has 0 bridgehead atoms. The SMILES string of the molecule is COc1cc(CNCc2cc(F)ccc2Br)cc2c1OCO2. The molecule has 0 saturated heterocycles. The molecule has 0 aliphatic carbocycles. The summed E-state index contributed by atoms with van der Waals surface area (Å²) in [7, 11) is 1.60. The Balaban J connectivity index is 1.68. The van der Waals surface area contributed by atoms with Crippen molar-refractivity contribution in [2.24, 2.45) is 0 Å². The first kappa shape index (κ1) is 15.1. The van der Waals surface area contributed by atoms with Gasteiger partial charge in [-0.3, -0.25) is 0 Å². The van der Waals surface area contributed by atoms with Gasteiger partial charge in [0.15, 0.2) is 11.5 Å². The Morgan fingerprint density at radius 3 is 2.91 bits per heavy atom. The molecule has 6 heteroatoms. The van der Waals surface area contributed by atoms with Crippen LogP contribution < -0.4 is 19.5 Å². The second kappa shape index (κ2) is 6.54. The van der Waals surface area contributed by atoms with Crippen LogP contribution in [0, 0.1) is 5.82 Å². The molecule has 0 saturated carbocycles. The zero-order valence-electron chi connectivity index (χ0n) is 12.0. The van der Waals surface area contributed by atoms with E-state index in [9.17, 15) is 4.39 Å². The number of fused-ring (bicyclic) bond motifs is 1. The average molecular weight is 368 g/mol. The molecule has 2 aromatic carbocycles. The molecule has 0 atom stereocenters. The summed E-state index contributed by atoms with van der Waals surface area (Å²) in [4.78, 5) is 0. The van der Waals surface area contributed by atoms with Gasteiger partial charge >= 0.3 is 0 Å². The molecule has 0 unspecified atom stereocenters. The molecule has 1 N–H and O–H groups in total. The number of benzene rings is 2. The van der Waals surface area contributed by atoms with Crippen LogP contribution in [0.15, 0.2) is 34.8 Å². The molecule has 0 spiro atoms. The maximum Gasteiger partial charge on any atom is 0.231 e. The van der Waals surface area contributed by atoms with Gasteiger partial charge in [0.1, 0.15) is 5.82 Å². The Morgan fingerprint density at radius 1 is 1.23 bits per heavy atom. The zero-order valence-corrected chi connectivity index (χ0v) is 13.6. The molecule has 22 heavy (non-hydrogen) atoms. The van der Waals surface area contributed by atoms with E-state index in [0.717, 1.165) is 15.6 Å². The Bertz CT molecular complexity index is 693. The van der Waals surface area contributed by atoms with Crippen LogP contribution in [-0.4, -0.2) is 13.9 Å². The Kier molecular flexibility index (Phi) is 4.49. The molecule has 1 aliphatic rings. The fraction of sp³-hybridized carbons (Fsp3) is 0.250. The van der Waals surface area contributed by atoms with Gasteiger partial charge in [-0.2, -0.15) is 0 Å². The molecule has 1 heterocycles. The van der Waals surface area contributed by atoms with E-state index < -0.39 is 0 Å². The Hall–Kier alpha value is -1.79. The number of ether oxygens (including phenoxy) is 3. The summed E-state index contributed by atoms with van der Waals surface area (Å²) in [5.41, 5.74) is 1.88. The standard InChI is InChI=1S/C16H15BrFNO3/c1-20-14-4-10(5-15-16(14)22-9-21-15)7-19-8-11-6-12(18)2-3-13(11)17/h2-6,19H,7-9H2,1H3. The fourth-order valence-corrected chi connectivity index (χ4v) is 2.69. The van der Waals surface area contributed by atoms with Crippen molar-refractivity contribution in [3.63, 3.8) is 0 Å². The maximum atomic E-state index is 13.3. The fourth-order valence-electron chi connectivity index (χ4n) is 2.31. The quantitative estimate of drug-likeness (QED) is 0.875. The van der Waals surface area contributed by atoms with E-state index in [1.165, 1.54) is 12.1 Å². The summed E-state index contributed by atoms with van der Waals surface area (Å²) in [6.45, 7) is 1.36. The van der Waals surface area contributed by atoms with Gasteiger partial charge in [0.05, 0.1) is 7.11 Å². The minimum absolute atomic E-state index is 0.207. The molecular formula is C16H15BrFNO3. The van der Waals surface area contributed by atoms with E-state index in [4.69, 9.17) is 14.2 Å². The summed E-state index contributed by atoms with van der Waals surface area (Å²) in [5, 5.41) is 3.28.